The second-order valence-corrected chi connectivity index (χ2v) is 2.14. The Morgan fingerprint density at radius 3 is 3.00 bits per heavy atom. The first-order valence-electron chi connectivity index (χ1n) is 2.01. The van der Waals surface area contributed by atoms with Crippen LogP contribution in [0.1, 0.15) is 0 Å². The molecule has 1 aliphatic rings. The van der Waals surface area contributed by atoms with Crippen molar-refractivity contribution in [1.82, 2.24) is 5.32 Å². The van der Waals surface area contributed by atoms with E-state index in [1.54, 1.807) is 0 Å². The Hall–Kier alpha value is -0.353. The topological polar surface area (TPSA) is 38.3 Å². The van der Waals surface area contributed by atoms with Gasteiger partial charge in [-0.1, -0.05) is 0 Å². The van der Waals surface area contributed by atoms with Crippen LogP contribution >= 0.6 is 0 Å². The summed E-state index contributed by atoms with van der Waals surface area (Å²) in [7, 11) is 0.456. The van der Waals surface area contributed by atoms with Gasteiger partial charge in [-0.05, 0) is 0 Å². The van der Waals surface area contributed by atoms with Crippen molar-refractivity contribution in [2.45, 2.75) is 0 Å². The van der Waals surface area contributed by atoms with E-state index in [0.717, 1.165) is 0 Å². The lowest BCUT2D eigenvalue weighted by Gasteiger charge is -2.08. The van der Waals surface area contributed by atoms with Gasteiger partial charge in [0.2, 0.25) is 5.91 Å². The third kappa shape index (κ3) is 1.28. The third-order valence-corrected chi connectivity index (χ3v) is 1.33. The lowest BCUT2D eigenvalue weighted by Crippen LogP contribution is -2.38. The largest absolute Gasteiger partial charge is 0.406 e. The number of hydrogen-bond acceptors (Lipinski definition) is 2. The first-order valence-corrected chi connectivity index (χ1v) is 3.12. The van der Waals surface area contributed by atoms with Crippen LogP contribution in [0.5, 0.6) is 0 Å². The predicted octanol–water partition coefficient (Wildman–Crippen LogP) is -1.29. The SMILES string of the molecule is O=C1CO[Si]CN1. The molecule has 7 heavy (non-hydrogen) atoms. The van der Waals surface area contributed by atoms with Gasteiger partial charge in [0.05, 0.1) is 0 Å². The van der Waals surface area contributed by atoms with Gasteiger partial charge in [-0.25, -0.2) is 0 Å². The Kier molecular flexibility index (Phi) is 1.43. The molecule has 0 unspecified atom stereocenters. The molecule has 0 bridgehead atoms. The molecule has 1 heterocycles. The highest BCUT2D eigenvalue weighted by Crippen LogP contribution is 1.76. The van der Waals surface area contributed by atoms with E-state index in [4.69, 9.17) is 4.43 Å². The van der Waals surface area contributed by atoms with Crippen LogP contribution in [0.4, 0.5) is 0 Å². The van der Waals surface area contributed by atoms with Gasteiger partial charge in [0.1, 0.15) is 6.61 Å². The first kappa shape index (κ1) is 4.80. The molecule has 1 fully saturated rings. The van der Waals surface area contributed by atoms with Crippen molar-refractivity contribution in [3.8, 4) is 0 Å². The minimum atomic E-state index is -0.00116. The van der Waals surface area contributed by atoms with Gasteiger partial charge < -0.3 is 9.74 Å². The van der Waals surface area contributed by atoms with Gasteiger partial charge in [-0.3, -0.25) is 4.79 Å². The summed E-state index contributed by atoms with van der Waals surface area (Å²) in [6.07, 6.45) is 0.693. The highest BCUT2D eigenvalue weighted by Gasteiger charge is 2.06. The Bertz CT molecular complexity index is 77.0. The molecule has 1 rings (SSSR count). The number of hydrogen-bond donors (Lipinski definition) is 1. The van der Waals surface area contributed by atoms with Crippen LogP contribution in [0, 0.1) is 0 Å². The second kappa shape index (κ2) is 2.09. The lowest BCUT2D eigenvalue weighted by molar-refractivity contribution is -0.123. The molecule has 1 saturated heterocycles. The van der Waals surface area contributed by atoms with Crippen LogP contribution in [0.2, 0.25) is 0 Å². The minimum absolute atomic E-state index is 0.00116. The Labute approximate surface area is 44.0 Å². The summed E-state index contributed by atoms with van der Waals surface area (Å²) >= 11 is 0. The van der Waals surface area contributed by atoms with Crippen LogP contribution in [-0.2, 0) is 9.22 Å². The number of nitrogens with one attached hydrogen (secondary N) is 1. The molecule has 0 saturated carbocycles. The van der Waals surface area contributed by atoms with Gasteiger partial charge in [-0.15, -0.1) is 0 Å². The van der Waals surface area contributed by atoms with E-state index >= 15 is 0 Å². The van der Waals surface area contributed by atoms with E-state index in [0.29, 0.717) is 15.9 Å². The van der Waals surface area contributed by atoms with Crippen molar-refractivity contribution >= 4 is 15.7 Å². The molecule has 0 aromatic heterocycles. The molecule has 0 aromatic carbocycles. The van der Waals surface area contributed by atoms with Crippen LogP contribution < -0.4 is 5.32 Å². The zero-order valence-corrected chi connectivity index (χ0v) is 4.73. The molecule has 0 aromatic rings. The minimum Gasteiger partial charge on any atom is -0.406 e. The lowest BCUT2D eigenvalue weighted by atomic mass is 10.7. The van der Waals surface area contributed by atoms with Crippen molar-refractivity contribution in [2.75, 3.05) is 12.8 Å². The van der Waals surface area contributed by atoms with E-state index in [1.165, 1.54) is 0 Å². The smallest absolute Gasteiger partial charge is 0.251 e. The molecule has 0 atom stereocenters. The summed E-state index contributed by atoms with van der Waals surface area (Å²) in [6, 6.07) is 0. The second-order valence-electron chi connectivity index (χ2n) is 1.21. The van der Waals surface area contributed by atoms with Gasteiger partial charge in [-0.2, -0.15) is 0 Å². The van der Waals surface area contributed by atoms with Crippen molar-refractivity contribution in [3.05, 3.63) is 0 Å². The molecule has 1 N–H and O–H groups in total. The molecule has 2 radical (unpaired) electrons. The molecule has 4 heteroatoms. The number of carbonyl (C=O) groups excluding carboxylic acids is 1. The number of carbonyl (C=O) groups is 1. The Balaban J connectivity index is 2.25. The molecule has 1 aliphatic heterocycles. The summed E-state index contributed by atoms with van der Waals surface area (Å²) < 4.78 is 4.80. The van der Waals surface area contributed by atoms with Crippen LogP contribution in [0.15, 0.2) is 0 Å². The summed E-state index contributed by atoms with van der Waals surface area (Å²) in [5.41, 5.74) is 0. The maximum atomic E-state index is 10.2. The molecule has 0 spiro atoms. The van der Waals surface area contributed by atoms with Crippen molar-refractivity contribution < 1.29 is 9.22 Å². The average Bonchev–Trinajstić information content (AvgIpc) is 1.69. The fourth-order valence-corrected chi connectivity index (χ4v) is 0.958. The molecule has 3 nitrogen and oxygen atoms in total. The van der Waals surface area contributed by atoms with E-state index < -0.39 is 0 Å². The normalized spacial score (nSPS) is 21.4. The van der Waals surface area contributed by atoms with Gasteiger partial charge in [0.25, 0.3) is 9.76 Å². The van der Waals surface area contributed by atoms with E-state index in [1.807, 2.05) is 0 Å². The number of amides is 1. The highest BCUT2D eigenvalue weighted by atomic mass is 28.2. The molecule has 1 amide bonds. The zero-order valence-electron chi connectivity index (χ0n) is 3.73. The zero-order chi connectivity index (χ0) is 5.11. The van der Waals surface area contributed by atoms with E-state index in [9.17, 15) is 4.79 Å². The summed E-state index contributed by atoms with van der Waals surface area (Å²) in [5.74, 6) is -0.00116. The summed E-state index contributed by atoms with van der Waals surface area (Å²) in [6.45, 7) is 0.248. The fraction of sp³-hybridized carbons (Fsp3) is 0.667. The third-order valence-electron chi connectivity index (χ3n) is 0.663. The highest BCUT2D eigenvalue weighted by molar-refractivity contribution is 6.29. The Morgan fingerprint density at radius 1 is 1.86 bits per heavy atom. The van der Waals surface area contributed by atoms with Crippen LogP contribution in [-0.4, -0.2) is 28.4 Å². The Morgan fingerprint density at radius 2 is 2.71 bits per heavy atom. The summed E-state index contributed by atoms with van der Waals surface area (Å²) in [4.78, 5) is 10.2. The molecular weight excluding hydrogens is 110 g/mol. The van der Waals surface area contributed by atoms with E-state index in [-0.39, 0.29) is 12.5 Å². The molecule has 38 valence electrons. The standard InChI is InChI=1S/C3H5NO2Si/c5-3-1-6-7-2-4-3/h1-2H2,(H,4,5). The average molecular weight is 115 g/mol. The van der Waals surface area contributed by atoms with Gasteiger partial charge in [0, 0.05) is 6.17 Å². The van der Waals surface area contributed by atoms with Gasteiger partial charge >= 0.3 is 0 Å². The van der Waals surface area contributed by atoms with E-state index in [2.05, 4.69) is 5.32 Å². The van der Waals surface area contributed by atoms with Crippen molar-refractivity contribution in [2.24, 2.45) is 0 Å². The quantitative estimate of drug-likeness (QED) is 0.399. The predicted molar refractivity (Wildman–Crippen MR) is 24.7 cm³/mol. The molecular formula is C3H5NO2Si. The first-order chi connectivity index (χ1) is 3.39. The molecule has 0 aliphatic carbocycles. The monoisotopic (exact) mass is 115 g/mol. The number of rotatable bonds is 0. The van der Waals surface area contributed by atoms with Crippen LogP contribution in [0.25, 0.3) is 0 Å². The van der Waals surface area contributed by atoms with Crippen molar-refractivity contribution in [1.29, 1.82) is 0 Å². The fourth-order valence-electron chi connectivity index (χ4n) is 0.353. The maximum Gasteiger partial charge on any atom is 0.251 e. The maximum absolute atomic E-state index is 10.2. The van der Waals surface area contributed by atoms with Crippen molar-refractivity contribution in [3.63, 3.8) is 0 Å². The summed E-state index contributed by atoms with van der Waals surface area (Å²) in [5, 5.41) is 2.63. The van der Waals surface area contributed by atoms with Crippen LogP contribution in [0.3, 0.4) is 0 Å². The van der Waals surface area contributed by atoms with Gasteiger partial charge in [0.15, 0.2) is 0 Å².